The normalized spacial score (nSPS) is 19.9. The van der Waals surface area contributed by atoms with Crippen molar-refractivity contribution in [3.8, 4) is 5.75 Å². The lowest BCUT2D eigenvalue weighted by atomic mass is 10.1. The molecule has 2 atom stereocenters. The van der Waals surface area contributed by atoms with Crippen molar-refractivity contribution in [3.05, 3.63) is 65.7 Å². The second kappa shape index (κ2) is 5.97. The summed E-state index contributed by atoms with van der Waals surface area (Å²) in [5, 5.41) is 0. The molecule has 3 rings (SSSR count). The standard InChI is InChI=1S/C17H16O4/c1-19-17(18)16-15(21-16)13-8-5-9-14(10-13)20-11-12-6-3-2-4-7-12/h2-10,15-16H,11H2,1H3. The molecule has 1 fully saturated rings. The van der Waals surface area contributed by atoms with Crippen LogP contribution in [0, 0.1) is 0 Å². The zero-order valence-corrected chi connectivity index (χ0v) is 11.7. The maximum absolute atomic E-state index is 11.4. The average molecular weight is 284 g/mol. The molecule has 0 saturated carbocycles. The summed E-state index contributed by atoms with van der Waals surface area (Å²) in [5.41, 5.74) is 2.04. The van der Waals surface area contributed by atoms with Gasteiger partial charge >= 0.3 is 5.97 Å². The molecular weight excluding hydrogens is 268 g/mol. The zero-order valence-electron chi connectivity index (χ0n) is 11.7. The number of rotatable bonds is 5. The zero-order chi connectivity index (χ0) is 14.7. The van der Waals surface area contributed by atoms with Gasteiger partial charge in [0.25, 0.3) is 0 Å². The number of esters is 1. The van der Waals surface area contributed by atoms with Crippen molar-refractivity contribution in [1.29, 1.82) is 0 Å². The predicted molar refractivity (Wildman–Crippen MR) is 76.8 cm³/mol. The van der Waals surface area contributed by atoms with Gasteiger partial charge in [0.2, 0.25) is 0 Å². The van der Waals surface area contributed by atoms with Gasteiger partial charge in [0, 0.05) is 0 Å². The van der Waals surface area contributed by atoms with Crippen molar-refractivity contribution in [1.82, 2.24) is 0 Å². The molecule has 21 heavy (non-hydrogen) atoms. The molecule has 0 radical (unpaired) electrons. The van der Waals surface area contributed by atoms with Gasteiger partial charge in [-0.2, -0.15) is 0 Å². The number of hydrogen-bond donors (Lipinski definition) is 0. The second-order valence-electron chi connectivity index (χ2n) is 4.85. The largest absolute Gasteiger partial charge is 0.489 e. The molecule has 1 saturated heterocycles. The first kappa shape index (κ1) is 13.6. The molecular formula is C17H16O4. The fourth-order valence-corrected chi connectivity index (χ4v) is 2.18. The summed E-state index contributed by atoms with van der Waals surface area (Å²) in [4.78, 5) is 11.4. The number of methoxy groups -OCH3 is 1. The Labute approximate surface area is 123 Å². The summed E-state index contributed by atoms with van der Waals surface area (Å²) >= 11 is 0. The predicted octanol–water partition coefficient (Wildman–Crippen LogP) is 2.88. The number of ether oxygens (including phenoxy) is 3. The molecule has 108 valence electrons. The minimum absolute atomic E-state index is 0.224. The van der Waals surface area contributed by atoms with Gasteiger partial charge in [-0.15, -0.1) is 0 Å². The van der Waals surface area contributed by atoms with Crippen LogP contribution in [0.15, 0.2) is 54.6 Å². The molecule has 2 unspecified atom stereocenters. The number of hydrogen-bond acceptors (Lipinski definition) is 4. The fourth-order valence-electron chi connectivity index (χ4n) is 2.18. The monoisotopic (exact) mass is 284 g/mol. The van der Waals surface area contributed by atoms with Gasteiger partial charge in [0.05, 0.1) is 7.11 Å². The van der Waals surface area contributed by atoms with Crippen molar-refractivity contribution in [3.63, 3.8) is 0 Å². The number of benzene rings is 2. The Morgan fingerprint density at radius 2 is 1.95 bits per heavy atom. The Balaban J connectivity index is 1.63. The SMILES string of the molecule is COC(=O)C1OC1c1cccc(OCc2ccccc2)c1. The van der Waals surface area contributed by atoms with Crippen molar-refractivity contribution in [2.75, 3.05) is 7.11 Å². The average Bonchev–Trinajstić information content (AvgIpc) is 3.34. The molecule has 0 N–H and O–H groups in total. The summed E-state index contributed by atoms with van der Waals surface area (Å²) in [6.45, 7) is 0.510. The number of carbonyl (C=O) groups is 1. The van der Waals surface area contributed by atoms with Crippen LogP contribution in [-0.2, 0) is 20.9 Å². The van der Waals surface area contributed by atoms with Gasteiger partial charge in [-0.3, -0.25) is 0 Å². The van der Waals surface area contributed by atoms with Gasteiger partial charge in [-0.1, -0.05) is 42.5 Å². The van der Waals surface area contributed by atoms with Crippen LogP contribution in [0.3, 0.4) is 0 Å². The van der Waals surface area contributed by atoms with Crippen LogP contribution < -0.4 is 4.74 Å². The van der Waals surface area contributed by atoms with E-state index in [1.165, 1.54) is 7.11 Å². The van der Waals surface area contributed by atoms with E-state index >= 15 is 0 Å². The van der Waals surface area contributed by atoms with Crippen LogP contribution in [-0.4, -0.2) is 19.2 Å². The highest BCUT2D eigenvalue weighted by molar-refractivity contribution is 5.78. The highest BCUT2D eigenvalue weighted by Gasteiger charge is 2.47. The van der Waals surface area contributed by atoms with Gasteiger partial charge in [-0.05, 0) is 23.3 Å². The Hall–Kier alpha value is -2.33. The third-order valence-electron chi connectivity index (χ3n) is 3.36. The van der Waals surface area contributed by atoms with Gasteiger partial charge in [-0.25, -0.2) is 4.79 Å². The first-order valence-electron chi connectivity index (χ1n) is 6.78. The summed E-state index contributed by atoms with van der Waals surface area (Å²) < 4.78 is 15.8. The van der Waals surface area contributed by atoms with Crippen LogP contribution in [0.1, 0.15) is 17.2 Å². The lowest BCUT2D eigenvalue weighted by Gasteiger charge is -2.07. The van der Waals surface area contributed by atoms with E-state index in [1.807, 2.05) is 54.6 Å². The minimum atomic E-state index is -0.487. The van der Waals surface area contributed by atoms with E-state index in [0.29, 0.717) is 6.61 Å². The molecule has 4 nitrogen and oxygen atoms in total. The third-order valence-corrected chi connectivity index (χ3v) is 3.36. The maximum Gasteiger partial charge on any atom is 0.338 e. The first-order chi connectivity index (χ1) is 10.3. The van der Waals surface area contributed by atoms with Gasteiger partial charge in [0.15, 0.2) is 6.10 Å². The van der Waals surface area contributed by atoms with Crippen LogP contribution in [0.2, 0.25) is 0 Å². The van der Waals surface area contributed by atoms with Crippen LogP contribution >= 0.6 is 0 Å². The van der Waals surface area contributed by atoms with Crippen molar-refractivity contribution < 1.29 is 19.0 Å². The van der Waals surface area contributed by atoms with E-state index in [1.54, 1.807) is 0 Å². The molecule has 0 aliphatic carbocycles. The quantitative estimate of drug-likeness (QED) is 0.625. The Kier molecular flexibility index (Phi) is 3.88. The fraction of sp³-hybridized carbons (Fsp3) is 0.235. The van der Waals surface area contributed by atoms with E-state index in [0.717, 1.165) is 16.9 Å². The first-order valence-corrected chi connectivity index (χ1v) is 6.78. The Morgan fingerprint density at radius 3 is 2.71 bits per heavy atom. The van der Waals surface area contributed by atoms with E-state index in [2.05, 4.69) is 4.74 Å². The highest BCUT2D eigenvalue weighted by atomic mass is 16.6. The van der Waals surface area contributed by atoms with Crippen molar-refractivity contribution in [2.24, 2.45) is 0 Å². The van der Waals surface area contributed by atoms with E-state index in [-0.39, 0.29) is 12.1 Å². The molecule has 1 aliphatic heterocycles. The smallest absolute Gasteiger partial charge is 0.338 e. The molecule has 2 aromatic rings. The molecule has 0 spiro atoms. The van der Waals surface area contributed by atoms with Gasteiger partial charge < -0.3 is 14.2 Å². The highest BCUT2D eigenvalue weighted by Crippen LogP contribution is 2.40. The Bertz CT molecular complexity index is 624. The van der Waals surface area contributed by atoms with Crippen molar-refractivity contribution in [2.45, 2.75) is 18.8 Å². The number of epoxide rings is 1. The summed E-state index contributed by atoms with van der Waals surface area (Å²) in [6, 6.07) is 17.6. The van der Waals surface area contributed by atoms with Crippen LogP contribution in [0.5, 0.6) is 5.75 Å². The van der Waals surface area contributed by atoms with E-state index < -0.39 is 6.10 Å². The molecule has 4 heteroatoms. The number of carbonyl (C=O) groups excluding carboxylic acids is 1. The Morgan fingerprint density at radius 1 is 1.14 bits per heavy atom. The lowest BCUT2D eigenvalue weighted by molar-refractivity contribution is -0.142. The van der Waals surface area contributed by atoms with Crippen LogP contribution in [0.25, 0.3) is 0 Å². The molecule has 0 amide bonds. The van der Waals surface area contributed by atoms with E-state index in [9.17, 15) is 4.79 Å². The molecule has 0 bridgehead atoms. The van der Waals surface area contributed by atoms with Gasteiger partial charge in [0.1, 0.15) is 18.5 Å². The van der Waals surface area contributed by atoms with Crippen molar-refractivity contribution >= 4 is 5.97 Å². The van der Waals surface area contributed by atoms with Crippen LogP contribution in [0.4, 0.5) is 0 Å². The van der Waals surface area contributed by atoms with E-state index in [4.69, 9.17) is 9.47 Å². The topological polar surface area (TPSA) is 48.1 Å². The second-order valence-corrected chi connectivity index (χ2v) is 4.85. The maximum atomic E-state index is 11.4. The molecule has 1 aliphatic rings. The summed E-state index contributed by atoms with van der Waals surface area (Å²) in [7, 11) is 1.36. The lowest BCUT2D eigenvalue weighted by Crippen LogP contribution is -2.09. The molecule has 1 heterocycles. The molecule has 0 aromatic heterocycles. The minimum Gasteiger partial charge on any atom is -0.489 e. The summed E-state index contributed by atoms with van der Waals surface area (Å²) in [6.07, 6.45) is -0.711. The molecule has 2 aromatic carbocycles. The third kappa shape index (κ3) is 3.23. The summed E-state index contributed by atoms with van der Waals surface area (Å²) in [5.74, 6) is 0.422.